The Bertz CT molecular complexity index is 617. The minimum Gasteiger partial charge on any atom is -0.493 e. The summed E-state index contributed by atoms with van der Waals surface area (Å²) in [5.74, 6) is 1.45. The summed E-state index contributed by atoms with van der Waals surface area (Å²) < 4.78 is 11.6. The molecule has 0 aliphatic heterocycles. The van der Waals surface area contributed by atoms with Crippen molar-refractivity contribution in [2.45, 2.75) is 20.0 Å². The van der Waals surface area contributed by atoms with Gasteiger partial charge in [0, 0.05) is 29.5 Å². The molecule has 0 saturated carbocycles. The molecule has 5 heteroatoms. The number of hydrogen-bond donors (Lipinski definition) is 1. The monoisotopic (exact) mass is 350 g/mol. The normalized spacial score (nSPS) is 10.5. The third kappa shape index (κ3) is 3.95. The Morgan fingerprint density at radius 1 is 1.10 bits per heavy atom. The van der Waals surface area contributed by atoms with Crippen molar-refractivity contribution in [3.05, 3.63) is 51.8 Å². The maximum absolute atomic E-state index is 5.33. The lowest BCUT2D eigenvalue weighted by atomic mass is 10.1. The van der Waals surface area contributed by atoms with Crippen molar-refractivity contribution in [1.29, 1.82) is 0 Å². The highest BCUT2D eigenvalue weighted by atomic mass is 79.9. The number of rotatable bonds is 6. The topological polar surface area (TPSA) is 43.4 Å². The third-order valence-corrected chi connectivity index (χ3v) is 4.04. The molecule has 0 fully saturated rings. The van der Waals surface area contributed by atoms with Crippen LogP contribution in [-0.2, 0) is 13.1 Å². The summed E-state index contributed by atoms with van der Waals surface area (Å²) in [6.45, 7) is 3.53. The molecule has 21 heavy (non-hydrogen) atoms. The van der Waals surface area contributed by atoms with Crippen LogP contribution in [0.25, 0.3) is 0 Å². The zero-order chi connectivity index (χ0) is 15.2. The van der Waals surface area contributed by atoms with E-state index in [-0.39, 0.29) is 0 Å². The predicted molar refractivity (Wildman–Crippen MR) is 86.8 cm³/mol. The fourth-order valence-electron chi connectivity index (χ4n) is 2.07. The maximum atomic E-state index is 5.33. The van der Waals surface area contributed by atoms with Gasteiger partial charge in [0.25, 0.3) is 0 Å². The molecule has 1 N–H and O–H groups in total. The maximum Gasteiger partial charge on any atom is 0.161 e. The van der Waals surface area contributed by atoms with Gasteiger partial charge in [-0.1, -0.05) is 22.0 Å². The molecule has 0 bridgehead atoms. The molecule has 0 amide bonds. The zero-order valence-corrected chi connectivity index (χ0v) is 14.0. The Balaban J connectivity index is 2.05. The molecule has 0 aliphatic rings. The fourth-order valence-corrected chi connectivity index (χ4v) is 2.53. The smallest absolute Gasteiger partial charge is 0.161 e. The molecular formula is C16H19BrN2O2. The van der Waals surface area contributed by atoms with Crippen molar-refractivity contribution in [2.24, 2.45) is 0 Å². The summed E-state index contributed by atoms with van der Waals surface area (Å²) in [6, 6.07) is 7.94. The first kappa shape index (κ1) is 15.8. The summed E-state index contributed by atoms with van der Waals surface area (Å²) in [5, 5.41) is 3.42. The van der Waals surface area contributed by atoms with Gasteiger partial charge in [-0.15, -0.1) is 0 Å². The number of aryl methyl sites for hydroxylation is 1. The Morgan fingerprint density at radius 3 is 2.43 bits per heavy atom. The summed E-state index contributed by atoms with van der Waals surface area (Å²) in [4.78, 5) is 4.29. The minimum absolute atomic E-state index is 0.719. The molecule has 0 unspecified atom stereocenters. The van der Waals surface area contributed by atoms with E-state index in [0.717, 1.165) is 40.3 Å². The van der Waals surface area contributed by atoms with Crippen LogP contribution in [0.1, 0.15) is 16.8 Å². The number of nitrogens with one attached hydrogen (secondary N) is 1. The van der Waals surface area contributed by atoms with E-state index in [1.54, 1.807) is 14.2 Å². The number of nitrogens with zero attached hydrogens (tertiary/aromatic N) is 1. The Kier molecular flexibility index (Phi) is 5.59. The van der Waals surface area contributed by atoms with Crippen LogP contribution in [0.3, 0.4) is 0 Å². The van der Waals surface area contributed by atoms with E-state index in [2.05, 4.69) is 32.3 Å². The Morgan fingerprint density at radius 2 is 1.76 bits per heavy atom. The van der Waals surface area contributed by atoms with Crippen LogP contribution in [0.2, 0.25) is 0 Å². The number of hydrogen-bond acceptors (Lipinski definition) is 4. The van der Waals surface area contributed by atoms with Crippen LogP contribution < -0.4 is 14.8 Å². The van der Waals surface area contributed by atoms with E-state index in [4.69, 9.17) is 9.47 Å². The second-order valence-electron chi connectivity index (χ2n) is 4.65. The van der Waals surface area contributed by atoms with E-state index in [1.807, 2.05) is 31.3 Å². The quantitative estimate of drug-likeness (QED) is 0.866. The molecule has 0 radical (unpaired) electrons. The van der Waals surface area contributed by atoms with Crippen molar-refractivity contribution in [3.63, 3.8) is 0 Å². The van der Waals surface area contributed by atoms with Crippen LogP contribution in [0.5, 0.6) is 11.5 Å². The van der Waals surface area contributed by atoms with Crippen LogP contribution in [0.15, 0.2) is 34.9 Å². The molecule has 1 heterocycles. The van der Waals surface area contributed by atoms with Crippen LogP contribution in [0, 0.1) is 6.92 Å². The molecule has 0 saturated heterocycles. The van der Waals surface area contributed by atoms with Crippen molar-refractivity contribution in [1.82, 2.24) is 10.3 Å². The number of ether oxygens (including phenoxy) is 2. The van der Waals surface area contributed by atoms with Gasteiger partial charge in [0.2, 0.25) is 0 Å². The number of benzene rings is 1. The van der Waals surface area contributed by atoms with Crippen molar-refractivity contribution in [3.8, 4) is 11.5 Å². The van der Waals surface area contributed by atoms with Gasteiger partial charge in [-0.05, 0) is 36.2 Å². The van der Waals surface area contributed by atoms with Gasteiger partial charge in [0.1, 0.15) is 0 Å². The van der Waals surface area contributed by atoms with Gasteiger partial charge in [0.15, 0.2) is 11.5 Å². The molecule has 1 aromatic heterocycles. The molecule has 0 atom stereocenters. The molecule has 1 aromatic carbocycles. The molecule has 2 aromatic rings. The van der Waals surface area contributed by atoms with Crippen molar-refractivity contribution < 1.29 is 9.47 Å². The lowest BCUT2D eigenvalue weighted by Crippen LogP contribution is -2.14. The summed E-state index contributed by atoms with van der Waals surface area (Å²) in [5.41, 5.74) is 3.37. The third-order valence-electron chi connectivity index (χ3n) is 3.30. The van der Waals surface area contributed by atoms with E-state index in [0.29, 0.717) is 0 Å². The predicted octanol–water partition coefficient (Wildman–Crippen LogP) is 3.46. The number of halogens is 1. The van der Waals surface area contributed by atoms with Crippen LogP contribution >= 0.6 is 15.9 Å². The van der Waals surface area contributed by atoms with E-state index in [9.17, 15) is 0 Å². The largest absolute Gasteiger partial charge is 0.493 e. The SMILES string of the molecule is COc1cc(Br)c(CNCc2cccnc2C)cc1OC. The number of aromatic nitrogens is 1. The minimum atomic E-state index is 0.719. The second kappa shape index (κ2) is 7.43. The van der Waals surface area contributed by atoms with Crippen LogP contribution in [-0.4, -0.2) is 19.2 Å². The Labute approximate surface area is 133 Å². The molecule has 0 aliphatic carbocycles. The zero-order valence-electron chi connectivity index (χ0n) is 12.4. The van der Waals surface area contributed by atoms with Gasteiger partial charge in [-0.25, -0.2) is 0 Å². The van der Waals surface area contributed by atoms with Gasteiger partial charge in [0.05, 0.1) is 14.2 Å². The van der Waals surface area contributed by atoms with Gasteiger partial charge in [-0.2, -0.15) is 0 Å². The van der Waals surface area contributed by atoms with Crippen molar-refractivity contribution >= 4 is 15.9 Å². The Hall–Kier alpha value is -1.59. The van der Waals surface area contributed by atoms with E-state index < -0.39 is 0 Å². The summed E-state index contributed by atoms with van der Waals surface area (Å²) >= 11 is 3.56. The highest BCUT2D eigenvalue weighted by Crippen LogP contribution is 2.33. The second-order valence-corrected chi connectivity index (χ2v) is 5.50. The number of methoxy groups -OCH3 is 2. The fraction of sp³-hybridized carbons (Fsp3) is 0.312. The highest BCUT2D eigenvalue weighted by molar-refractivity contribution is 9.10. The summed E-state index contributed by atoms with van der Waals surface area (Å²) in [6.07, 6.45) is 1.81. The van der Waals surface area contributed by atoms with E-state index in [1.165, 1.54) is 5.56 Å². The van der Waals surface area contributed by atoms with Gasteiger partial charge < -0.3 is 14.8 Å². The highest BCUT2D eigenvalue weighted by Gasteiger charge is 2.09. The van der Waals surface area contributed by atoms with Crippen LogP contribution in [0.4, 0.5) is 0 Å². The van der Waals surface area contributed by atoms with E-state index >= 15 is 0 Å². The molecule has 4 nitrogen and oxygen atoms in total. The number of pyridine rings is 1. The average molecular weight is 351 g/mol. The average Bonchev–Trinajstić information content (AvgIpc) is 2.50. The standard InChI is InChI=1S/C16H19BrN2O2/c1-11-12(5-4-6-19-11)9-18-10-13-7-15(20-2)16(21-3)8-14(13)17/h4-8,18H,9-10H2,1-3H3. The summed E-state index contributed by atoms with van der Waals surface area (Å²) in [7, 11) is 3.27. The van der Waals surface area contributed by atoms with Gasteiger partial charge in [-0.3, -0.25) is 4.98 Å². The first-order chi connectivity index (χ1) is 10.2. The molecular weight excluding hydrogens is 332 g/mol. The molecule has 0 spiro atoms. The van der Waals surface area contributed by atoms with Crippen molar-refractivity contribution in [2.75, 3.05) is 14.2 Å². The lowest BCUT2D eigenvalue weighted by Gasteiger charge is -2.13. The lowest BCUT2D eigenvalue weighted by molar-refractivity contribution is 0.354. The van der Waals surface area contributed by atoms with Gasteiger partial charge >= 0.3 is 0 Å². The first-order valence-corrected chi connectivity index (χ1v) is 7.46. The molecule has 2 rings (SSSR count). The molecule has 112 valence electrons. The first-order valence-electron chi connectivity index (χ1n) is 6.67.